The fourth-order valence-electron chi connectivity index (χ4n) is 3.05. The van der Waals surface area contributed by atoms with E-state index >= 15 is 0 Å². The molecule has 0 aliphatic heterocycles. The molecular weight excluding hydrogens is 254 g/mol. The number of hydrogen-bond acceptors (Lipinski definition) is 0. The minimum Gasteiger partial charge on any atom is -0.207 e. The molecule has 0 nitrogen and oxygen atoms in total. The number of fused-ring (bicyclic) bond motifs is 1. The maximum absolute atomic E-state index is 14.3. The molecule has 0 heterocycles. The Morgan fingerprint density at radius 1 is 1.05 bits per heavy atom. The Hall–Kier alpha value is -1.70. The van der Waals surface area contributed by atoms with E-state index in [2.05, 4.69) is 6.92 Å². The van der Waals surface area contributed by atoms with Gasteiger partial charge in [-0.25, -0.2) is 8.78 Å². The quantitative estimate of drug-likeness (QED) is 0.709. The molecule has 1 aliphatic rings. The van der Waals surface area contributed by atoms with Crippen molar-refractivity contribution in [2.45, 2.75) is 32.6 Å². The van der Waals surface area contributed by atoms with Gasteiger partial charge in [0.15, 0.2) is 0 Å². The van der Waals surface area contributed by atoms with Gasteiger partial charge in [0.25, 0.3) is 0 Å². The second-order valence-electron chi connectivity index (χ2n) is 5.62. The predicted molar refractivity (Wildman–Crippen MR) is 77.6 cm³/mol. The molecule has 1 atom stereocenters. The fraction of sp³-hybridized carbons (Fsp3) is 0.333. The summed E-state index contributed by atoms with van der Waals surface area (Å²) in [6.45, 7) is 2.19. The van der Waals surface area contributed by atoms with Gasteiger partial charge in [-0.1, -0.05) is 25.5 Å². The molecule has 0 fully saturated rings. The molecular formula is C18H18F2. The van der Waals surface area contributed by atoms with E-state index in [4.69, 9.17) is 0 Å². The third-order valence-electron chi connectivity index (χ3n) is 4.35. The van der Waals surface area contributed by atoms with Crippen molar-refractivity contribution >= 4 is 0 Å². The summed E-state index contributed by atoms with van der Waals surface area (Å²) in [5, 5.41) is 0. The molecule has 2 aromatic rings. The first-order valence-corrected chi connectivity index (χ1v) is 7.24. The second-order valence-corrected chi connectivity index (χ2v) is 5.62. The molecule has 0 N–H and O–H groups in total. The third-order valence-corrected chi connectivity index (χ3v) is 4.35. The average molecular weight is 272 g/mol. The Bertz CT molecular complexity index is 614. The van der Waals surface area contributed by atoms with Crippen LogP contribution < -0.4 is 0 Å². The minimum absolute atomic E-state index is 0.202. The Kier molecular flexibility index (Phi) is 3.56. The lowest BCUT2D eigenvalue weighted by Crippen LogP contribution is -2.14. The van der Waals surface area contributed by atoms with Gasteiger partial charge in [0, 0.05) is 5.56 Å². The molecule has 20 heavy (non-hydrogen) atoms. The molecule has 104 valence electrons. The highest BCUT2D eigenvalue weighted by Gasteiger charge is 2.19. The monoisotopic (exact) mass is 272 g/mol. The van der Waals surface area contributed by atoms with Crippen LogP contribution in [0.1, 0.15) is 30.9 Å². The average Bonchev–Trinajstić information content (AvgIpc) is 2.47. The van der Waals surface area contributed by atoms with Gasteiger partial charge in [0.05, 0.1) is 0 Å². The highest BCUT2D eigenvalue weighted by Crippen LogP contribution is 2.33. The molecule has 0 spiro atoms. The Morgan fingerprint density at radius 3 is 2.50 bits per heavy atom. The third kappa shape index (κ3) is 2.47. The van der Waals surface area contributed by atoms with Crippen LogP contribution in [0.15, 0.2) is 36.4 Å². The van der Waals surface area contributed by atoms with E-state index in [1.807, 2.05) is 6.07 Å². The van der Waals surface area contributed by atoms with Gasteiger partial charge in [-0.05, 0) is 66.1 Å². The summed E-state index contributed by atoms with van der Waals surface area (Å²) in [6.07, 6.45) is 4.33. The van der Waals surface area contributed by atoms with Crippen LogP contribution in [-0.2, 0) is 12.8 Å². The molecule has 0 radical (unpaired) electrons. The van der Waals surface area contributed by atoms with Crippen molar-refractivity contribution in [3.8, 4) is 11.1 Å². The number of halogens is 2. The summed E-state index contributed by atoms with van der Waals surface area (Å²) in [5.74, 6) is 0.184. The summed E-state index contributed by atoms with van der Waals surface area (Å²) < 4.78 is 27.3. The van der Waals surface area contributed by atoms with E-state index in [-0.39, 0.29) is 11.6 Å². The standard InChI is InChI=1S/C18H18F2/c1-2-12-3-4-14-10-17(18(20)11-15(14)9-12)13-5-7-16(19)8-6-13/h5-8,10-12H,2-4,9H2,1H3. The zero-order valence-corrected chi connectivity index (χ0v) is 11.6. The van der Waals surface area contributed by atoms with E-state index < -0.39 is 0 Å². The first kappa shape index (κ1) is 13.3. The van der Waals surface area contributed by atoms with Crippen LogP contribution in [0.2, 0.25) is 0 Å². The molecule has 2 heteroatoms. The number of rotatable bonds is 2. The van der Waals surface area contributed by atoms with Crippen molar-refractivity contribution < 1.29 is 8.78 Å². The number of benzene rings is 2. The van der Waals surface area contributed by atoms with E-state index in [9.17, 15) is 8.78 Å². The lowest BCUT2D eigenvalue weighted by atomic mass is 9.81. The van der Waals surface area contributed by atoms with E-state index in [0.29, 0.717) is 11.5 Å². The van der Waals surface area contributed by atoms with E-state index in [1.165, 1.54) is 24.1 Å². The zero-order chi connectivity index (χ0) is 14.1. The Morgan fingerprint density at radius 2 is 1.80 bits per heavy atom. The van der Waals surface area contributed by atoms with Crippen molar-refractivity contribution in [1.29, 1.82) is 0 Å². The first-order valence-electron chi connectivity index (χ1n) is 7.24. The van der Waals surface area contributed by atoms with Crippen LogP contribution in [-0.4, -0.2) is 0 Å². The smallest absolute Gasteiger partial charge is 0.131 e. The zero-order valence-electron chi connectivity index (χ0n) is 11.6. The molecule has 0 saturated heterocycles. The molecule has 1 unspecified atom stereocenters. The lowest BCUT2D eigenvalue weighted by molar-refractivity contribution is 0.443. The molecule has 2 aromatic carbocycles. The van der Waals surface area contributed by atoms with Crippen LogP contribution in [0, 0.1) is 17.6 Å². The molecule has 0 aromatic heterocycles. The summed E-state index contributed by atoms with van der Waals surface area (Å²) in [4.78, 5) is 0. The summed E-state index contributed by atoms with van der Waals surface area (Å²) in [5.41, 5.74) is 3.71. The van der Waals surface area contributed by atoms with Crippen LogP contribution in [0.4, 0.5) is 8.78 Å². The fourth-order valence-corrected chi connectivity index (χ4v) is 3.05. The van der Waals surface area contributed by atoms with Crippen molar-refractivity contribution in [2.24, 2.45) is 5.92 Å². The second kappa shape index (κ2) is 5.35. The molecule has 0 amide bonds. The molecule has 3 rings (SSSR count). The topological polar surface area (TPSA) is 0 Å². The van der Waals surface area contributed by atoms with Crippen LogP contribution >= 0.6 is 0 Å². The highest BCUT2D eigenvalue weighted by atomic mass is 19.1. The summed E-state index contributed by atoms with van der Waals surface area (Å²) in [7, 11) is 0. The molecule has 1 aliphatic carbocycles. The largest absolute Gasteiger partial charge is 0.207 e. The van der Waals surface area contributed by atoms with E-state index in [0.717, 1.165) is 30.4 Å². The maximum atomic E-state index is 14.3. The number of hydrogen-bond donors (Lipinski definition) is 0. The minimum atomic E-state index is -0.294. The van der Waals surface area contributed by atoms with Gasteiger partial charge >= 0.3 is 0 Å². The van der Waals surface area contributed by atoms with Gasteiger partial charge in [0.2, 0.25) is 0 Å². The van der Waals surface area contributed by atoms with Crippen LogP contribution in [0.25, 0.3) is 11.1 Å². The van der Waals surface area contributed by atoms with Gasteiger partial charge in [-0.15, -0.1) is 0 Å². The lowest BCUT2D eigenvalue weighted by Gasteiger charge is -2.24. The van der Waals surface area contributed by atoms with Crippen molar-refractivity contribution in [3.05, 3.63) is 59.2 Å². The van der Waals surface area contributed by atoms with Crippen molar-refractivity contribution in [2.75, 3.05) is 0 Å². The van der Waals surface area contributed by atoms with Gasteiger partial charge in [0.1, 0.15) is 11.6 Å². The Balaban J connectivity index is 2.00. The van der Waals surface area contributed by atoms with Crippen LogP contribution in [0.5, 0.6) is 0 Å². The van der Waals surface area contributed by atoms with Crippen molar-refractivity contribution in [1.82, 2.24) is 0 Å². The number of aryl methyl sites for hydroxylation is 1. The summed E-state index contributed by atoms with van der Waals surface area (Å²) in [6, 6.07) is 9.65. The van der Waals surface area contributed by atoms with Crippen LogP contribution in [0.3, 0.4) is 0 Å². The maximum Gasteiger partial charge on any atom is 0.131 e. The first-order chi connectivity index (χ1) is 9.67. The van der Waals surface area contributed by atoms with E-state index in [1.54, 1.807) is 18.2 Å². The van der Waals surface area contributed by atoms with Crippen molar-refractivity contribution in [3.63, 3.8) is 0 Å². The Labute approximate surface area is 118 Å². The van der Waals surface area contributed by atoms with Gasteiger partial charge < -0.3 is 0 Å². The highest BCUT2D eigenvalue weighted by molar-refractivity contribution is 5.66. The summed E-state index contributed by atoms with van der Waals surface area (Å²) >= 11 is 0. The van der Waals surface area contributed by atoms with Gasteiger partial charge in [-0.2, -0.15) is 0 Å². The molecule has 0 saturated carbocycles. The SMILES string of the molecule is CCC1CCc2cc(-c3ccc(F)cc3)c(F)cc2C1. The molecule has 0 bridgehead atoms. The predicted octanol–water partition coefficient (Wildman–Crippen LogP) is 5.15. The van der Waals surface area contributed by atoms with Gasteiger partial charge in [-0.3, -0.25) is 0 Å². The normalized spacial score (nSPS) is 17.9.